The molecule has 4 aromatic carbocycles. The molecule has 198 valence electrons. The van der Waals surface area contributed by atoms with Gasteiger partial charge in [-0.2, -0.15) is 0 Å². The zero-order chi connectivity index (χ0) is 27.3. The minimum absolute atomic E-state index is 0.544. The smallest absolute Gasteiger partial charge is 0.221 e. The van der Waals surface area contributed by atoms with Crippen molar-refractivity contribution in [3.63, 3.8) is 0 Å². The van der Waals surface area contributed by atoms with Gasteiger partial charge in [-0.1, -0.05) is 48.5 Å². The molecule has 4 heterocycles. The molecule has 7 heteroatoms. The second kappa shape index (κ2) is 9.27. The third kappa shape index (κ3) is 3.82. The van der Waals surface area contributed by atoms with E-state index in [4.69, 9.17) is 9.72 Å². The summed E-state index contributed by atoms with van der Waals surface area (Å²) in [4.78, 5) is 13.8. The molecule has 0 fully saturated rings. The lowest BCUT2D eigenvalue weighted by molar-refractivity contribution is 0.463. The van der Waals surface area contributed by atoms with Gasteiger partial charge in [0, 0.05) is 59.9 Å². The lowest BCUT2D eigenvalue weighted by atomic mass is 10.1. The summed E-state index contributed by atoms with van der Waals surface area (Å²) in [5.41, 5.74) is 6.56. The zero-order valence-electron chi connectivity index (χ0n) is 22.4. The number of anilines is 3. The Bertz CT molecular complexity index is 2040. The molecule has 1 aliphatic heterocycles. The first-order valence-electron chi connectivity index (χ1n) is 13.6. The highest BCUT2D eigenvalue weighted by atomic mass is 16.5. The molecule has 0 bridgehead atoms. The van der Waals surface area contributed by atoms with Gasteiger partial charge in [-0.3, -0.25) is 9.13 Å². The van der Waals surface area contributed by atoms with E-state index >= 15 is 0 Å². The average Bonchev–Trinajstić information content (AvgIpc) is 3.72. The van der Waals surface area contributed by atoms with E-state index in [0.29, 0.717) is 11.6 Å². The van der Waals surface area contributed by atoms with E-state index in [1.807, 2.05) is 48.8 Å². The van der Waals surface area contributed by atoms with Gasteiger partial charge in [-0.25, -0.2) is 9.97 Å². The number of rotatable bonds is 5. The summed E-state index contributed by atoms with van der Waals surface area (Å²) < 4.78 is 10.7. The van der Waals surface area contributed by atoms with Crippen LogP contribution in [0.2, 0.25) is 0 Å². The van der Waals surface area contributed by atoms with Crippen LogP contribution in [0, 0.1) is 0 Å². The van der Waals surface area contributed by atoms with Crippen molar-refractivity contribution < 1.29 is 4.74 Å². The Hall–Kier alpha value is -5.56. The SMILES string of the molecule is CN1CN(c2ccnc(Oc3ccc4c5ccccc5n(-c5nccn5-c5ccccc5)c4c3)c2)c2ccccc21. The summed E-state index contributed by atoms with van der Waals surface area (Å²) in [6, 6.07) is 37.4. The van der Waals surface area contributed by atoms with Gasteiger partial charge in [0.05, 0.1) is 29.1 Å². The molecule has 7 aromatic rings. The molecule has 0 radical (unpaired) electrons. The highest BCUT2D eigenvalue weighted by molar-refractivity contribution is 6.09. The molecule has 0 aliphatic carbocycles. The predicted molar refractivity (Wildman–Crippen MR) is 164 cm³/mol. The Balaban J connectivity index is 1.21. The summed E-state index contributed by atoms with van der Waals surface area (Å²) in [6.45, 7) is 0.767. The number of nitrogens with zero attached hydrogens (tertiary/aromatic N) is 6. The van der Waals surface area contributed by atoms with Crippen LogP contribution in [-0.4, -0.2) is 32.8 Å². The Morgan fingerprint density at radius 2 is 1.44 bits per heavy atom. The molecule has 3 aromatic heterocycles. The number of fused-ring (bicyclic) bond motifs is 4. The first kappa shape index (κ1) is 23.3. The van der Waals surface area contributed by atoms with Crippen molar-refractivity contribution in [2.75, 3.05) is 23.5 Å². The Morgan fingerprint density at radius 3 is 2.34 bits per heavy atom. The Labute approximate surface area is 237 Å². The fourth-order valence-corrected chi connectivity index (χ4v) is 5.82. The lowest BCUT2D eigenvalue weighted by Gasteiger charge is -2.20. The van der Waals surface area contributed by atoms with Crippen LogP contribution in [0.15, 0.2) is 128 Å². The van der Waals surface area contributed by atoms with Crippen LogP contribution in [0.3, 0.4) is 0 Å². The standard InChI is InChI=1S/C34H26N6O/c1-37-23-39(31-14-8-7-13-30(31)37)25-17-18-35-33(21-25)41-26-15-16-28-27-11-5-6-12-29(27)40(32(28)22-26)34-36-19-20-38(34)24-9-3-2-4-10-24/h2-22H,23H2,1H3. The first-order valence-corrected chi connectivity index (χ1v) is 13.6. The largest absolute Gasteiger partial charge is 0.439 e. The minimum Gasteiger partial charge on any atom is -0.439 e. The molecule has 8 rings (SSSR count). The van der Waals surface area contributed by atoms with Crippen molar-refractivity contribution in [1.29, 1.82) is 0 Å². The molecule has 0 saturated carbocycles. The van der Waals surface area contributed by atoms with Crippen LogP contribution < -0.4 is 14.5 Å². The highest BCUT2D eigenvalue weighted by Gasteiger charge is 2.24. The number of ether oxygens (including phenoxy) is 1. The fourth-order valence-electron chi connectivity index (χ4n) is 5.82. The number of pyridine rings is 1. The van der Waals surface area contributed by atoms with Gasteiger partial charge in [0.1, 0.15) is 5.75 Å². The van der Waals surface area contributed by atoms with Crippen molar-refractivity contribution >= 4 is 38.9 Å². The van der Waals surface area contributed by atoms with Crippen LogP contribution >= 0.6 is 0 Å². The second-order valence-corrected chi connectivity index (χ2v) is 10.2. The molecule has 0 atom stereocenters. The maximum absolute atomic E-state index is 6.39. The molecule has 7 nitrogen and oxygen atoms in total. The summed E-state index contributed by atoms with van der Waals surface area (Å²) in [7, 11) is 2.11. The van der Waals surface area contributed by atoms with Gasteiger partial charge in [-0.15, -0.1) is 0 Å². The quantitative estimate of drug-likeness (QED) is 0.226. The van der Waals surface area contributed by atoms with E-state index in [0.717, 1.165) is 45.8 Å². The van der Waals surface area contributed by atoms with Gasteiger partial charge in [0.25, 0.3) is 0 Å². The molecular formula is C34H26N6O. The molecule has 0 spiro atoms. The number of imidazole rings is 1. The van der Waals surface area contributed by atoms with Crippen LogP contribution in [0.25, 0.3) is 33.4 Å². The Kier molecular flexibility index (Phi) is 5.28. The monoisotopic (exact) mass is 534 g/mol. The molecule has 0 saturated heterocycles. The molecule has 0 N–H and O–H groups in total. The molecule has 0 unspecified atom stereocenters. The van der Waals surface area contributed by atoms with Gasteiger partial charge in [0.15, 0.2) is 0 Å². The highest BCUT2D eigenvalue weighted by Crippen LogP contribution is 2.40. The van der Waals surface area contributed by atoms with Crippen molar-refractivity contribution in [3.05, 3.63) is 128 Å². The third-order valence-corrected chi connectivity index (χ3v) is 7.69. The van der Waals surface area contributed by atoms with Gasteiger partial charge in [0.2, 0.25) is 11.8 Å². The first-order chi connectivity index (χ1) is 20.2. The van der Waals surface area contributed by atoms with E-state index in [1.165, 1.54) is 11.4 Å². The average molecular weight is 535 g/mol. The van der Waals surface area contributed by atoms with Crippen LogP contribution in [0.1, 0.15) is 0 Å². The minimum atomic E-state index is 0.544. The summed E-state index contributed by atoms with van der Waals surface area (Å²) in [5, 5.41) is 2.29. The van der Waals surface area contributed by atoms with Crippen LogP contribution in [-0.2, 0) is 0 Å². The maximum Gasteiger partial charge on any atom is 0.221 e. The summed E-state index contributed by atoms with van der Waals surface area (Å²) in [5.74, 6) is 2.07. The summed E-state index contributed by atoms with van der Waals surface area (Å²) >= 11 is 0. The van der Waals surface area contributed by atoms with Crippen LogP contribution in [0.4, 0.5) is 17.1 Å². The molecular weight excluding hydrogens is 508 g/mol. The van der Waals surface area contributed by atoms with E-state index < -0.39 is 0 Å². The number of hydrogen-bond donors (Lipinski definition) is 0. The van der Waals surface area contributed by atoms with E-state index in [2.05, 4.69) is 104 Å². The van der Waals surface area contributed by atoms with Crippen molar-refractivity contribution in [2.24, 2.45) is 0 Å². The van der Waals surface area contributed by atoms with Crippen molar-refractivity contribution in [3.8, 4) is 23.3 Å². The fraction of sp³-hybridized carbons (Fsp3) is 0.0588. The second-order valence-electron chi connectivity index (χ2n) is 10.2. The Morgan fingerprint density at radius 1 is 0.659 bits per heavy atom. The maximum atomic E-state index is 6.39. The molecule has 1 aliphatic rings. The third-order valence-electron chi connectivity index (χ3n) is 7.69. The number of benzene rings is 4. The van der Waals surface area contributed by atoms with E-state index in [1.54, 1.807) is 6.20 Å². The normalized spacial score (nSPS) is 12.8. The molecule has 41 heavy (non-hydrogen) atoms. The summed E-state index contributed by atoms with van der Waals surface area (Å²) in [6.07, 6.45) is 5.64. The predicted octanol–water partition coefficient (Wildman–Crippen LogP) is 7.70. The number of aromatic nitrogens is 4. The van der Waals surface area contributed by atoms with Crippen LogP contribution in [0.5, 0.6) is 11.6 Å². The topological polar surface area (TPSA) is 51.4 Å². The molecule has 0 amide bonds. The van der Waals surface area contributed by atoms with Gasteiger partial charge < -0.3 is 14.5 Å². The van der Waals surface area contributed by atoms with Crippen molar-refractivity contribution in [1.82, 2.24) is 19.1 Å². The number of hydrogen-bond acceptors (Lipinski definition) is 5. The lowest BCUT2D eigenvalue weighted by Crippen LogP contribution is -2.23. The zero-order valence-corrected chi connectivity index (χ0v) is 22.4. The van der Waals surface area contributed by atoms with Crippen molar-refractivity contribution in [2.45, 2.75) is 0 Å². The van der Waals surface area contributed by atoms with Gasteiger partial charge >= 0.3 is 0 Å². The van der Waals surface area contributed by atoms with E-state index in [-0.39, 0.29) is 0 Å². The van der Waals surface area contributed by atoms with E-state index in [9.17, 15) is 0 Å². The number of para-hydroxylation sites is 4. The van der Waals surface area contributed by atoms with Gasteiger partial charge in [-0.05, 0) is 48.5 Å².